The lowest BCUT2D eigenvalue weighted by molar-refractivity contribution is -0.138. The number of thiol groups is 1. The summed E-state index contributed by atoms with van der Waals surface area (Å²) in [6, 6.07) is 6.32. The number of carbonyl (C=O) groups is 1. The Kier molecular flexibility index (Phi) is 7.32. The molecule has 10 heteroatoms. The highest BCUT2D eigenvalue weighted by atomic mass is 32.2. The second-order valence-corrected chi connectivity index (χ2v) is 10.7. The highest BCUT2D eigenvalue weighted by Crippen LogP contribution is 2.29. The number of likely N-dealkylation sites (tertiary alicyclic amines) is 1. The summed E-state index contributed by atoms with van der Waals surface area (Å²) in [5.41, 5.74) is 2.03. The second kappa shape index (κ2) is 10.2. The lowest BCUT2D eigenvalue weighted by Gasteiger charge is -2.45. The van der Waals surface area contributed by atoms with Gasteiger partial charge in [-0.2, -0.15) is 0 Å². The van der Waals surface area contributed by atoms with E-state index in [9.17, 15) is 13.2 Å². The van der Waals surface area contributed by atoms with Gasteiger partial charge in [0.2, 0.25) is 5.91 Å². The molecule has 2 fully saturated rings. The number of thiazole rings is 1. The first-order chi connectivity index (χ1) is 15.9. The minimum absolute atomic E-state index is 0.247. The summed E-state index contributed by atoms with van der Waals surface area (Å²) in [7, 11) is -2.77. The zero-order valence-electron chi connectivity index (χ0n) is 18.2. The molecule has 1 aromatic carbocycles. The van der Waals surface area contributed by atoms with Crippen molar-refractivity contribution in [3.8, 4) is 23.7 Å². The zero-order chi connectivity index (χ0) is 23.4. The Hall–Kier alpha value is -2.47. The maximum Gasteiger partial charge on any atom is 0.250 e. The SMILES string of the molecule is C[C@](CCc1nc2ccc(C#CC#CC3CN(C4COC4)C3)cc2s1)(C[SH](=O)=O)C(=O)NO. The molecule has 0 radical (unpaired) electrons. The number of fused-ring (bicyclic) bond motifs is 1. The fraction of sp³-hybridized carbons (Fsp3) is 0.478. The van der Waals surface area contributed by atoms with Gasteiger partial charge in [0.25, 0.3) is 0 Å². The van der Waals surface area contributed by atoms with E-state index in [1.807, 2.05) is 18.2 Å². The van der Waals surface area contributed by atoms with Crippen LogP contribution < -0.4 is 5.48 Å². The van der Waals surface area contributed by atoms with Gasteiger partial charge in [0.15, 0.2) is 0 Å². The molecule has 4 rings (SSSR count). The Morgan fingerprint density at radius 3 is 2.82 bits per heavy atom. The normalized spacial score (nSPS) is 18.4. The van der Waals surface area contributed by atoms with Crippen LogP contribution in [-0.2, 0) is 26.7 Å². The van der Waals surface area contributed by atoms with Crippen molar-refractivity contribution in [2.75, 3.05) is 32.1 Å². The Bertz CT molecular complexity index is 1230. The molecule has 2 aliphatic heterocycles. The molecule has 2 saturated heterocycles. The van der Waals surface area contributed by atoms with E-state index in [2.05, 4.69) is 33.6 Å². The number of nitrogens with one attached hydrogen (secondary N) is 1. The highest BCUT2D eigenvalue weighted by Gasteiger charge is 2.35. The second-order valence-electron chi connectivity index (χ2n) is 8.64. The van der Waals surface area contributed by atoms with Crippen LogP contribution in [0.4, 0.5) is 0 Å². The van der Waals surface area contributed by atoms with Gasteiger partial charge in [0.05, 0.1) is 45.6 Å². The lowest BCUT2D eigenvalue weighted by Crippen LogP contribution is -2.58. The molecule has 0 bridgehead atoms. The molecule has 1 atom stereocenters. The summed E-state index contributed by atoms with van der Waals surface area (Å²) in [6.07, 6.45) is 0.668. The summed E-state index contributed by atoms with van der Waals surface area (Å²) in [6.45, 7) is 5.17. The maximum atomic E-state index is 12.0. The van der Waals surface area contributed by atoms with Gasteiger partial charge in [-0.1, -0.05) is 11.8 Å². The van der Waals surface area contributed by atoms with Gasteiger partial charge in [-0.15, -0.1) is 11.3 Å². The van der Waals surface area contributed by atoms with Crippen LogP contribution in [0.25, 0.3) is 10.2 Å². The molecule has 0 saturated carbocycles. The van der Waals surface area contributed by atoms with E-state index in [0.29, 0.717) is 18.4 Å². The van der Waals surface area contributed by atoms with Gasteiger partial charge in [-0.05, 0) is 43.4 Å². The number of ether oxygens (including phenoxy) is 1. The predicted octanol–water partition coefficient (Wildman–Crippen LogP) is 1.04. The van der Waals surface area contributed by atoms with Gasteiger partial charge >= 0.3 is 0 Å². The minimum Gasteiger partial charge on any atom is -0.378 e. The number of hydrogen-bond acceptors (Lipinski definition) is 8. The van der Waals surface area contributed by atoms with Crippen LogP contribution in [0.5, 0.6) is 0 Å². The topological polar surface area (TPSA) is 109 Å². The molecule has 2 aliphatic rings. The highest BCUT2D eigenvalue weighted by molar-refractivity contribution is 7.72. The van der Waals surface area contributed by atoms with Crippen molar-refractivity contribution in [3.05, 3.63) is 28.8 Å². The molecule has 0 unspecified atom stereocenters. The first kappa shape index (κ1) is 23.7. The monoisotopic (exact) mass is 487 g/mol. The van der Waals surface area contributed by atoms with Crippen LogP contribution in [0.15, 0.2) is 18.2 Å². The Labute approximate surface area is 198 Å². The summed E-state index contributed by atoms with van der Waals surface area (Å²) in [5.74, 6) is 11.5. The molecule has 8 nitrogen and oxygen atoms in total. The largest absolute Gasteiger partial charge is 0.378 e. The van der Waals surface area contributed by atoms with E-state index in [1.54, 1.807) is 5.48 Å². The average molecular weight is 488 g/mol. The molecule has 2 aromatic rings. The van der Waals surface area contributed by atoms with E-state index in [0.717, 1.165) is 47.1 Å². The van der Waals surface area contributed by atoms with Crippen molar-refractivity contribution in [1.29, 1.82) is 0 Å². The van der Waals surface area contributed by atoms with Crippen molar-refractivity contribution in [1.82, 2.24) is 15.4 Å². The minimum atomic E-state index is -2.77. The molecule has 174 valence electrons. The number of aromatic nitrogens is 1. The van der Waals surface area contributed by atoms with E-state index >= 15 is 0 Å². The number of benzene rings is 1. The van der Waals surface area contributed by atoms with Crippen LogP contribution in [0.1, 0.15) is 23.9 Å². The number of rotatable bonds is 7. The first-order valence-corrected chi connectivity index (χ1v) is 12.8. The summed E-state index contributed by atoms with van der Waals surface area (Å²) < 4.78 is 28.5. The fourth-order valence-electron chi connectivity index (χ4n) is 3.80. The predicted molar refractivity (Wildman–Crippen MR) is 125 cm³/mol. The first-order valence-electron chi connectivity index (χ1n) is 10.7. The van der Waals surface area contributed by atoms with Crippen LogP contribution in [0.3, 0.4) is 0 Å². The summed E-state index contributed by atoms with van der Waals surface area (Å²) in [4.78, 5) is 19.0. The summed E-state index contributed by atoms with van der Waals surface area (Å²) >= 11 is 1.48. The fourth-order valence-corrected chi connectivity index (χ4v) is 5.68. The van der Waals surface area contributed by atoms with Crippen LogP contribution in [0, 0.1) is 35.0 Å². The molecular formula is C23H25N3O5S2. The number of amides is 1. The van der Waals surface area contributed by atoms with E-state index in [4.69, 9.17) is 9.94 Å². The third-order valence-electron chi connectivity index (χ3n) is 6.04. The van der Waals surface area contributed by atoms with E-state index in [-0.39, 0.29) is 12.2 Å². The number of hydroxylamine groups is 1. The van der Waals surface area contributed by atoms with Crippen LogP contribution >= 0.6 is 11.3 Å². The maximum absolute atomic E-state index is 12.0. The molecule has 2 N–H and O–H groups in total. The smallest absolute Gasteiger partial charge is 0.250 e. The van der Waals surface area contributed by atoms with Crippen molar-refractivity contribution in [2.24, 2.45) is 11.3 Å². The quantitative estimate of drug-likeness (QED) is 0.232. The molecule has 3 heterocycles. The third-order valence-corrected chi connectivity index (χ3v) is 8.08. The van der Waals surface area contributed by atoms with Gasteiger partial charge in [0, 0.05) is 31.0 Å². The van der Waals surface area contributed by atoms with Gasteiger partial charge in [-0.25, -0.2) is 18.9 Å². The van der Waals surface area contributed by atoms with Gasteiger partial charge in [0.1, 0.15) is 10.7 Å². The Balaban J connectivity index is 1.36. The van der Waals surface area contributed by atoms with Crippen LogP contribution in [0.2, 0.25) is 0 Å². The Morgan fingerprint density at radius 1 is 1.36 bits per heavy atom. The average Bonchev–Trinajstić information content (AvgIpc) is 3.12. The van der Waals surface area contributed by atoms with Crippen molar-refractivity contribution in [3.63, 3.8) is 0 Å². The standard InChI is InChI=1S/C23H25N3O5S2/c1-23(15-33(29)30,22(27)25-28)9-8-21-24-19-7-6-16(10-20(19)32-21)4-2-3-5-17-11-26(12-17)18-13-31-14-18/h6-7,10,17-18,28,33H,8-9,11-15H2,1H3,(H,25,27)/t23-/m0/s1. The summed E-state index contributed by atoms with van der Waals surface area (Å²) in [5, 5.41) is 9.76. The number of nitrogens with zero attached hydrogens (tertiary/aromatic N) is 2. The molecule has 0 spiro atoms. The zero-order valence-corrected chi connectivity index (χ0v) is 19.9. The van der Waals surface area contributed by atoms with Crippen molar-refractivity contribution in [2.45, 2.75) is 25.8 Å². The van der Waals surface area contributed by atoms with Crippen molar-refractivity contribution < 1.29 is 23.2 Å². The van der Waals surface area contributed by atoms with Crippen LogP contribution in [-0.4, -0.2) is 67.5 Å². The lowest BCUT2D eigenvalue weighted by atomic mass is 9.87. The third kappa shape index (κ3) is 5.72. The number of aryl methyl sites for hydroxylation is 1. The number of carbonyl (C=O) groups excluding carboxylic acids is 1. The number of hydrogen-bond donors (Lipinski definition) is 3. The van der Waals surface area contributed by atoms with Crippen molar-refractivity contribution >= 4 is 38.2 Å². The van der Waals surface area contributed by atoms with Gasteiger partial charge < -0.3 is 4.74 Å². The Morgan fingerprint density at radius 2 is 2.15 bits per heavy atom. The molecule has 1 aromatic heterocycles. The molecule has 33 heavy (non-hydrogen) atoms. The molecule has 1 amide bonds. The van der Waals surface area contributed by atoms with E-state index < -0.39 is 22.0 Å². The molecule has 0 aliphatic carbocycles. The molecular weight excluding hydrogens is 462 g/mol. The van der Waals surface area contributed by atoms with E-state index in [1.165, 1.54) is 18.3 Å². The van der Waals surface area contributed by atoms with Gasteiger partial charge in [-0.3, -0.25) is 14.9 Å².